The van der Waals surface area contributed by atoms with Crippen molar-refractivity contribution in [2.45, 2.75) is 51.6 Å². The van der Waals surface area contributed by atoms with E-state index in [-0.39, 0.29) is 24.1 Å². The third-order valence-corrected chi connectivity index (χ3v) is 7.82. The highest BCUT2D eigenvalue weighted by molar-refractivity contribution is 7.90. The largest absolute Gasteiger partial charge is 0.489 e. The molecular formula is C32H35NO6S. The Hall–Kier alpha value is -3.83. The van der Waals surface area contributed by atoms with Crippen LogP contribution in [0, 0.1) is 11.8 Å². The molecule has 1 heterocycles. The van der Waals surface area contributed by atoms with Gasteiger partial charge in [0, 0.05) is 17.9 Å². The summed E-state index contributed by atoms with van der Waals surface area (Å²) in [6, 6.07) is 18.0. The van der Waals surface area contributed by atoms with Crippen LogP contribution in [0.2, 0.25) is 0 Å². The molecule has 8 heteroatoms. The van der Waals surface area contributed by atoms with Gasteiger partial charge in [0.25, 0.3) is 0 Å². The van der Waals surface area contributed by atoms with Gasteiger partial charge in [-0.25, -0.2) is 13.4 Å². The Kier molecular flexibility index (Phi) is 9.84. The van der Waals surface area contributed by atoms with Crippen molar-refractivity contribution in [1.29, 1.82) is 0 Å². The Bertz CT molecular complexity index is 1500. The summed E-state index contributed by atoms with van der Waals surface area (Å²) in [4.78, 5) is 16.5. The molecule has 0 amide bonds. The maximum atomic E-state index is 11.8. The van der Waals surface area contributed by atoms with Crippen molar-refractivity contribution in [2.75, 3.05) is 25.7 Å². The molecule has 210 valence electrons. The molecule has 0 aliphatic heterocycles. The predicted molar refractivity (Wildman–Crippen MR) is 155 cm³/mol. The molecule has 40 heavy (non-hydrogen) atoms. The van der Waals surface area contributed by atoms with E-state index in [9.17, 15) is 13.2 Å². The minimum atomic E-state index is -3.00. The molecule has 0 N–H and O–H groups in total. The number of aryl methyl sites for hydroxylation is 2. The normalized spacial score (nSPS) is 13.1. The highest BCUT2D eigenvalue weighted by Gasteiger charge is 2.18. The monoisotopic (exact) mass is 561 g/mol. The number of carbonyl (C=O) groups excluding carboxylic acids is 1. The zero-order chi connectivity index (χ0) is 28.5. The highest BCUT2D eigenvalue weighted by atomic mass is 32.2. The number of hydrogen-bond donors (Lipinski definition) is 0. The van der Waals surface area contributed by atoms with Gasteiger partial charge in [0.15, 0.2) is 0 Å². The second-order valence-corrected chi connectivity index (χ2v) is 12.2. The maximum Gasteiger partial charge on any atom is 0.307 e. The first-order valence-electron chi connectivity index (χ1n) is 13.4. The number of aromatic nitrogens is 1. The SMILES string of the molecule is CC#CC(CC(=O)OC)c1ccc(OCc2ccc3c(c2)-c2ccc(OCCCS(C)(=O)=O)nc2CCC3)cc1. The summed E-state index contributed by atoms with van der Waals surface area (Å²) < 4.78 is 39.3. The summed E-state index contributed by atoms with van der Waals surface area (Å²) in [7, 11) is -1.62. The van der Waals surface area contributed by atoms with E-state index in [0.717, 1.165) is 53.0 Å². The number of benzene rings is 2. The summed E-state index contributed by atoms with van der Waals surface area (Å²) in [5, 5.41) is 0. The molecule has 1 unspecified atom stereocenters. The van der Waals surface area contributed by atoms with Gasteiger partial charge in [-0.2, -0.15) is 0 Å². The molecule has 0 fully saturated rings. The Morgan fingerprint density at radius 1 is 1.02 bits per heavy atom. The number of hydrogen-bond acceptors (Lipinski definition) is 7. The zero-order valence-electron chi connectivity index (χ0n) is 23.2. The third-order valence-electron chi connectivity index (χ3n) is 6.79. The number of nitrogens with zero attached hydrogens (tertiary/aromatic N) is 1. The van der Waals surface area contributed by atoms with Gasteiger partial charge in [0.2, 0.25) is 5.88 Å². The van der Waals surface area contributed by atoms with Gasteiger partial charge < -0.3 is 14.2 Å². The second kappa shape index (κ2) is 13.5. The molecule has 2 aromatic carbocycles. The smallest absolute Gasteiger partial charge is 0.307 e. The molecule has 0 saturated heterocycles. The molecule has 1 aliphatic rings. The van der Waals surface area contributed by atoms with E-state index in [1.807, 2.05) is 36.4 Å². The van der Waals surface area contributed by atoms with E-state index in [4.69, 9.17) is 19.2 Å². The minimum Gasteiger partial charge on any atom is -0.489 e. The lowest BCUT2D eigenvalue weighted by Gasteiger charge is -2.14. The van der Waals surface area contributed by atoms with Crippen molar-refractivity contribution in [2.24, 2.45) is 0 Å². The fourth-order valence-electron chi connectivity index (χ4n) is 4.76. The van der Waals surface area contributed by atoms with Crippen LogP contribution in [-0.2, 0) is 38.8 Å². The van der Waals surface area contributed by atoms with Crippen LogP contribution in [0.5, 0.6) is 11.6 Å². The number of methoxy groups -OCH3 is 1. The molecule has 1 aliphatic carbocycles. The first kappa shape index (κ1) is 29.2. The first-order chi connectivity index (χ1) is 19.3. The van der Waals surface area contributed by atoms with Gasteiger partial charge >= 0.3 is 5.97 Å². The summed E-state index contributed by atoms with van der Waals surface area (Å²) in [6.07, 6.45) is 4.68. The lowest BCUT2D eigenvalue weighted by molar-refractivity contribution is -0.140. The fraction of sp³-hybridized carbons (Fsp3) is 0.375. The molecule has 1 aromatic heterocycles. The number of sulfone groups is 1. The Morgan fingerprint density at radius 3 is 2.55 bits per heavy atom. The van der Waals surface area contributed by atoms with Gasteiger partial charge in [-0.3, -0.25) is 4.79 Å². The van der Waals surface area contributed by atoms with Crippen LogP contribution >= 0.6 is 0 Å². The Balaban J connectivity index is 1.43. The minimum absolute atomic E-state index is 0.101. The fourth-order valence-corrected chi connectivity index (χ4v) is 5.41. The van der Waals surface area contributed by atoms with Crippen LogP contribution in [-0.4, -0.2) is 45.1 Å². The van der Waals surface area contributed by atoms with Crippen molar-refractivity contribution in [1.82, 2.24) is 4.98 Å². The Labute approximate surface area is 236 Å². The number of rotatable bonds is 11. The van der Waals surface area contributed by atoms with Gasteiger partial charge in [-0.1, -0.05) is 30.2 Å². The van der Waals surface area contributed by atoms with Crippen molar-refractivity contribution in [3.63, 3.8) is 0 Å². The van der Waals surface area contributed by atoms with E-state index >= 15 is 0 Å². The van der Waals surface area contributed by atoms with Crippen molar-refractivity contribution in [3.05, 3.63) is 77.0 Å². The van der Waals surface area contributed by atoms with Gasteiger partial charge in [0.1, 0.15) is 22.2 Å². The van der Waals surface area contributed by atoms with Gasteiger partial charge in [0.05, 0.1) is 37.5 Å². The lowest BCUT2D eigenvalue weighted by Crippen LogP contribution is -2.09. The second-order valence-electron chi connectivity index (χ2n) is 9.91. The molecule has 0 spiro atoms. The van der Waals surface area contributed by atoms with E-state index in [0.29, 0.717) is 25.5 Å². The van der Waals surface area contributed by atoms with Crippen molar-refractivity contribution >= 4 is 15.8 Å². The Morgan fingerprint density at radius 2 is 1.82 bits per heavy atom. The van der Waals surface area contributed by atoms with Crippen LogP contribution in [0.25, 0.3) is 11.1 Å². The standard InChI is InChI=1S/C32H35NO6S/c1-4-7-26(21-32(34)37-2)24-12-14-27(15-13-24)39-22-23-10-11-25-8-5-9-30-28(29(25)20-23)16-17-31(33-30)38-18-6-19-40(3,35)36/h10-17,20,26H,5-6,8-9,18-19,21-22H2,1-3H3. The molecule has 1 atom stereocenters. The molecule has 7 nitrogen and oxygen atoms in total. The molecule has 0 bridgehead atoms. The third kappa shape index (κ3) is 8.09. The summed E-state index contributed by atoms with van der Waals surface area (Å²) >= 11 is 0. The van der Waals surface area contributed by atoms with Crippen LogP contribution in [0.3, 0.4) is 0 Å². The van der Waals surface area contributed by atoms with Gasteiger partial charge in [-0.05, 0) is 79.1 Å². The first-order valence-corrected chi connectivity index (χ1v) is 15.5. The van der Waals surface area contributed by atoms with Crippen LogP contribution < -0.4 is 9.47 Å². The van der Waals surface area contributed by atoms with Crippen LogP contribution in [0.1, 0.15) is 54.5 Å². The zero-order valence-corrected chi connectivity index (χ0v) is 24.1. The van der Waals surface area contributed by atoms with Crippen molar-refractivity contribution in [3.8, 4) is 34.6 Å². The predicted octanol–water partition coefficient (Wildman–Crippen LogP) is 5.30. The summed E-state index contributed by atoms with van der Waals surface area (Å²) in [6.45, 7) is 2.49. The average Bonchev–Trinajstić information content (AvgIpc) is 3.12. The van der Waals surface area contributed by atoms with Crippen LogP contribution in [0.4, 0.5) is 0 Å². The van der Waals surface area contributed by atoms with E-state index in [1.165, 1.54) is 18.9 Å². The number of ether oxygens (including phenoxy) is 3. The maximum absolute atomic E-state index is 11.8. The quantitative estimate of drug-likeness (QED) is 0.178. The molecule has 0 saturated carbocycles. The van der Waals surface area contributed by atoms with Crippen molar-refractivity contribution < 1.29 is 27.4 Å². The summed E-state index contributed by atoms with van der Waals surface area (Å²) in [5.74, 6) is 6.82. The number of pyridine rings is 1. The average molecular weight is 562 g/mol. The highest BCUT2D eigenvalue weighted by Crippen LogP contribution is 2.34. The molecular weight excluding hydrogens is 526 g/mol. The topological polar surface area (TPSA) is 91.8 Å². The van der Waals surface area contributed by atoms with E-state index in [1.54, 1.807) is 6.92 Å². The summed E-state index contributed by atoms with van der Waals surface area (Å²) in [5.41, 5.74) is 6.52. The number of fused-ring (bicyclic) bond motifs is 3. The molecule has 4 rings (SSSR count). The van der Waals surface area contributed by atoms with Gasteiger partial charge in [-0.15, -0.1) is 5.92 Å². The number of carbonyl (C=O) groups is 1. The van der Waals surface area contributed by atoms with E-state index < -0.39 is 9.84 Å². The lowest BCUT2D eigenvalue weighted by atomic mass is 9.96. The molecule has 3 aromatic rings. The number of esters is 1. The van der Waals surface area contributed by atoms with E-state index in [2.05, 4.69) is 30.0 Å². The van der Waals surface area contributed by atoms with Crippen LogP contribution in [0.15, 0.2) is 54.6 Å². The molecule has 0 radical (unpaired) electrons.